The second kappa shape index (κ2) is 5.56. The Bertz CT molecular complexity index is 907. The van der Waals surface area contributed by atoms with Gasteiger partial charge >= 0.3 is 11.9 Å². The van der Waals surface area contributed by atoms with Gasteiger partial charge in [0.15, 0.2) is 5.60 Å². The van der Waals surface area contributed by atoms with Gasteiger partial charge in [-0.25, -0.2) is 9.59 Å². The minimum atomic E-state index is -0.754. The molecule has 0 amide bonds. The highest BCUT2D eigenvalue weighted by Gasteiger charge is 2.95. The average Bonchev–Trinajstić information content (AvgIpc) is 3.58. The normalized spacial score (nSPS) is 52.4. The summed E-state index contributed by atoms with van der Waals surface area (Å²) in [5.41, 5.74) is 0.0671. The van der Waals surface area contributed by atoms with Crippen molar-refractivity contribution in [2.75, 3.05) is 6.61 Å². The second-order valence-electron chi connectivity index (χ2n) is 10.3. The molecule has 3 heterocycles. The van der Waals surface area contributed by atoms with Gasteiger partial charge in [-0.3, -0.25) is 0 Å². The Balaban J connectivity index is 1.48. The summed E-state index contributed by atoms with van der Waals surface area (Å²) in [5.74, 6) is -0.818. The van der Waals surface area contributed by atoms with E-state index in [1.165, 1.54) is 0 Å². The smallest absolute Gasteiger partial charge is 0.334 e. The Kier molecular flexibility index (Phi) is 3.52. The first-order valence-electron chi connectivity index (χ1n) is 11.0. The van der Waals surface area contributed by atoms with E-state index in [0.717, 1.165) is 30.1 Å². The first kappa shape index (κ1) is 19.0. The van der Waals surface area contributed by atoms with Gasteiger partial charge < -0.3 is 24.1 Å². The largest absolute Gasteiger partial charge is 0.458 e. The number of esters is 2. The van der Waals surface area contributed by atoms with Crippen LogP contribution in [0.3, 0.4) is 0 Å². The molecule has 0 radical (unpaired) electrons. The topological polar surface area (TPSA) is 97.9 Å². The van der Waals surface area contributed by atoms with Crippen LogP contribution in [0.15, 0.2) is 23.8 Å². The third-order valence-corrected chi connectivity index (χ3v) is 9.03. The Morgan fingerprint density at radius 3 is 2.83 bits per heavy atom. The number of carbonyl (C=O) groups excluding carboxylic acids is 2. The monoisotopic (exact) mass is 416 g/mol. The molecule has 1 N–H and O–H groups in total. The molecule has 1 unspecified atom stereocenters. The van der Waals surface area contributed by atoms with Crippen molar-refractivity contribution in [1.29, 1.82) is 0 Å². The van der Waals surface area contributed by atoms with Gasteiger partial charge in [0.25, 0.3) is 0 Å². The number of fused-ring (bicyclic) bond motifs is 2. The van der Waals surface area contributed by atoms with Gasteiger partial charge in [0.2, 0.25) is 0 Å². The molecule has 6 aliphatic rings. The molecular weight excluding hydrogens is 388 g/mol. The predicted octanol–water partition coefficient (Wildman–Crippen LogP) is 1.68. The fourth-order valence-electron chi connectivity index (χ4n) is 7.69. The van der Waals surface area contributed by atoms with Crippen LogP contribution in [-0.4, -0.2) is 59.3 Å². The van der Waals surface area contributed by atoms with Crippen molar-refractivity contribution in [3.63, 3.8) is 0 Å². The molecule has 0 aromatic heterocycles. The summed E-state index contributed by atoms with van der Waals surface area (Å²) in [6, 6.07) is 0. The zero-order valence-electron chi connectivity index (χ0n) is 17.6. The zero-order valence-corrected chi connectivity index (χ0v) is 17.6. The first-order chi connectivity index (χ1) is 14.2. The summed E-state index contributed by atoms with van der Waals surface area (Å²) in [6.07, 6.45) is 1.44. The lowest BCUT2D eigenvalue weighted by atomic mass is 9.46. The maximum absolute atomic E-state index is 12.3. The highest BCUT2D eigenvalue weighted by atomic mass is 16.7. The highest BCUT2D eigenvalue weighted by molar-refractivity contribution is 5.92. The molecule has 3 aliphatic heterocycles. The lowest BCUT2D eigenvalue weighted by Gasteiger charge is -2.55. The van der Waals surface area contributed by atoms with Crippen molar-refractivity contribution in [2.24, 2.45) is 23.2 Å². The van der Waals surface area contributed by atoms with Crippen LogP contribution in [0.2, 0.25) is 0 Å². The maximum atomic E-state index is 12.3. The Hall–Kier alpha value is -1.70. The third-order valence-electron chi connectivity index (χ3n) is 9.03. The van der Waals surface area contributed by atoms with Gasteiger partial charge in [-0.1, -0.05) is 27.4 Å². The Morgan fingerprint density at radius 1 is 1.37 bits per heavy atom. The van der Waals surface area contributed by atoms with E-state index in [0.29, 0.717) is 13.0 Å². The van der Waals surface area contributed by atoms with Gasteiger partial charge in [-0.05, 0) is 36.7 Å². The van der Waals surface area contributed by atoms with Gasteiger partial charge in [0, 0.05) is 23.0 Å². The number of cyclic esters (lactones) is 1. The van der Waals surface area contributed by atoms with Crippen LogP contribution in [0.25, 0.3) is 0 Å². The first-order valence-corrected chi connectivity index (χ1v) is 11.0. The maximum Gasteiger partial charge on any atom is 0.334 e. The van der Waals surface area contributed by atoms with Gasteiger partial charge in [-0.2, -0.15) is 0 Å². The molecule has 2 spiro atoms. The number of rotatable bonds is 3. The fourth-order valence-corrected chi connectivity index (χ4v) is 7.69. The summed E-state index contributed by atoms with van der Waals surface area (Å²) < 4.78 is 24.2. The Labute approximate surface area is 175 Å². The SMILES string of the molecule is C=CC(=O)O[C@@H]1C(C(C)C)[C@@H](O)[C@@H]2O[C@]23[C@]12O[C@H]2C[C@H]1C2=C(CC[C@@]13C)C(=O)OC2. The van der Waals surface area contributed by atoms with Crippen molar-refractivity contribution in [3.05, 3.63) is 23.8 Å². The molecule has 2 saturated carbocycles. The van der Waals surface area contributed by atoms with Crippen molar-refractivity contribution in [2.45, 2.75) is 75.7 Å². The van der Waals surface area contributed by atoms with Crippen molar-refractivity contribution >= 4 is 11.9 Å². The lowest BCUT2D eigenvalue weighted by molar-refractivity contribution is -0.172. The molecule has 4 fully saturated rings. The second-order valence-corrected chi connectivity index (χ2v) is 10.3. The van der Waals surface area contributed by atoms with Crippen LogP contribution < -0.4 is 0 Å². The van der Waals surface area contributed by atoms with E-state index < -0.39 is 29.4 Å². The van der Waals surface area contributed by atoms with E-state index in [1.54, 1.807) is 0 Å². The van der Waals surface area contributed by atoms with Gasteiger partial charge in [0.05, 0.1) is 12.2 Å². The van der Waals surface area contributed by atoms with E-state index in [1.807, 2.05) is 13.8 Å². The molecule has 9 atom stereocenters. The number of aliphatic hydroxyl groups is 1. The van der Waals surface area contributed by atoms with Crippen molar-refractivity contribution in [1.82, 2.24) is 0 Å². The summed E-state index contributed by atoms with van der Waals surface area (Å²) in [6.45, 7) is 10.1. The molecule has 162 valence electrons. The minimum Gasteiger partial charge on any atom is -0.458 e. The molecule has 0 aromatic rings. The number of hydrogen-bond acceptors (Lipinski definition) is 7. The molecule has 30 heavy (non-hydrogen) atoms. The summed E-state index contributed by atoms with van der Waals surface area (Å²) in [4.78, 5) is 24.5. The van der Waals surface area contributed by atoms with E-state index >= 15 is 0 Å². The summed E-state index contributed by atoms with van der Waals surface area (Å²) >= 11 is 0. The van der Waals surface area contributed by atoms with E-state index in [-0.39, 0.29) is 41.3 Å². The molecule has 3 aliphatic carbocycles. The van der Waals surface area contributed by atoms with Crippen molar-refractivity contribution in [3.8, 4) is 0 Å². The quantitative estimate of drug-likeness (QED) is 0.425. The van der Waals surface area contributed by atoms with Crippen LogP contribution in [0.5, 0.6) is 0 Å². The molecule has 7 nitrogen and oxygen atoms in total. The Morgan fingerprint density at radius 2 is 2.13 bits per heavy atom. The van der Waals surface area contributed by atoms with Crippen LogP contribution in [-0.2, 0) is 28.5 Å². The zero-order chi connectivity index (χ0) is 21.2. The highest BCUT2D eigenvalue weighted by Crippen LogP contribution is 2.79. The fraction of sp³-hybridized carbons (Fsp3) is 0.739. The predicted molar refractivity (Wildman–Crippen MR) is 103 cm³/mol. The van der Waals surface area contributed by atoms with Crippen LogP contribution in [0, 0.1) is 23.2 Å². The number of carbonyl (C=O) groups is 2. The molecule has 7 heteroatoms. The van der Waals surface area contributed by atoms with Gasteiger partial charge in [0.1, 0.15) is 24.4 Å². The van der Waals surface area contributed by atoms with Gasteiger partial charge in [-0.15, -0.1) is 0 Å². The van der Waals surface area contributed by atoms with Crippen molar-refractivity contribution < 1.29 is 33.6 Å². The van der Waals surface area contributed by atoms with E-state index in [9.17, 15) is 14.7 Å². The van der Waals surface area contributed by atoms with Crippen LogP contribution in [0.4, 0.5) is 0 Å². The lowest BCUT2D eigenvalue weighted by Crippen LogP contribution is -2.70. The number of aliphatic hydroxyl groups excluding tert-OH is 1. The summed E-state index contributed by atoms with van der Waals surface area (Å²) in [5, 5.41) is 11.3. The number of epoxide rings is 2. The third kappa shape index (κ3) is 1.85. The average molecular weight is 416 g/mol. The van der Waals surface area contributed by atoms with Crippen LogP contribution in [0.1, 0.15) is 40.0 Å². The number of hydrogen-bond donors (Lipinski definition) is 1. The van der Waals surface area contributed by atoms with E-state index in [2.05, 4.69) is 13.5 Å². The minimum absolute atomic E-state index is 0.0797. The molecule has 0 bridgehead atoms. The molecular formula is C23H28O7. The van der Waals surface area contributed by atoms with E-state index in [4.69, 9.17) is 18.9 Å². The standard InChI is InChI=1S/C23H28O7/c1-5-15(24)28-18-16(10(2)3)17(25)19-23(30-19)21(4)7-6-11-12(9-27-20(11)26)13(21)8-14-22(18,23)29-14/h5,10,13-14,16-19,25H,1,6-9H2,2-4H3/t13-,14-,16?,17+,18+,19-,21-,22+,23+/m0/s1. The molecule has 2 saturated heterocycles. The molecule has 6 rings (SSSR count). The number of ether oxygens (including phenoxy) is 4. The summed E-state index contributed by atoms with van der Waals surface area (Å²) in [7, 11) is 0. The van der Waals surface area contributed by atoms with Crippen LogP contribution >= 0.6 is 0 Å². The molecule has 0 aromatic carbocycles.